The number of carboxylic acids is 1. The predicted molar refractivity (Wildman–Crippen MR) is 118 cm³/mol. The molecule has 14 N–H and O–H groups in total. The highest BCUT2D eigenvalue weighted by atomic mass is 16.8. The summed E-state index contributed by atoms with van der Waals surface area (Å²) in [5.41, 5.74) is -6.23. The smallest absolute Gasteiger partial charge is 0.369 e. The average Bonchev–Trinajstić information content (AvgIpc) is 2.90. The van der Waals surface area contributed by atoms with Crippen LogP contribution in [0, 0.1) is 0 Å². The van der Waals surface area contributed by atoms with Crippen molar-refractivity contribution in [1.29, 1.82) is 0 Å². The molecular formula is C21H23NO16. The molecule has 0 fully saturated rings. The van der Waals surface area contributed by atoms with E-state index in [1.807, 2.05) is 0 Å². The first-order chi connectivity index (χ1) is 17.2. The summed E-state index contributed by atoms with van der Waals surface area (Å²) in [7, 11) is 2.38. The first kappa shape index (κ1) is 28.3. The van der Waals surface area contributed by atoms with Gasteiger partial charge in [-0.15, -0.1) is 0 Å². The molecule has 208 valence electrons. The van der Waals surface area contributed by atoms with Crippen LogP contribution < -0.4 is 4.74 Å². The van der Waals surface area contributed by atoms with Gasteiger partial charge in [0.15, 0.2) is 23.0 Å². The number of phenols is 7. The Hall–Kier alpha value is -4.23. The van der Waals surface area contributed by atoms with Crippen LogP contribution in [0.4, 0.5) is 0 Å². The van der Waals surface area contributed by atoms with Gasteiger partial charge in [-0.1, -0.05) is 6.08 Å². The predicted octanol–water partition coefficient (Wildman–Crippen LogP) is -2.64. The highest BCUT2D eigenvalue weighted by Crippen LogP contribution is 2.61. The lowest BCUT2D eigenvalue weighted by atomic mass is 9.87. The summed E-state index contributed by atoms with van der Waals surface area (Å²) in [5.74, 6) is -25.6. The first-order valence-electron chi connectivity index (χ1n) is 10.2. The van der Waals surface area contributed by atoms with Crippen LogP contribution in [0.3, 0.4) is 0 Å². The number of phenolic OH excluding ortho intramolecular Hbond substituents is 7. The monoisotopic (exact) mass is 545 g/mol. The number of hydrogen-bond donors (Lipinski definition) is 14. The lowest BCUT2D eigenvalue weighted by Crippen LogP contribution is -2.43. The van der Waals surface area contributed by atoms with Crippen LogP contribution in [-0.4, -0.2) is 102 Å². The Labute approximate surface area is 210 Å². The topological polar surface area (TPSA) is 313 Å². The van der Waals surface area contributed by atoms with E-state index in [2.05, 4.69) is 0 Å². The van der Waals surface area contributed by atoms with E-state index in [9.17, 15) is 76.3 Å². The normalized spacial score (nSPS) is 16.1. The van der Waals surface area contributed by atoms with Crippen molar-refractivity contribution in [3.05, 3.63) is 28.3 Å². The number of aliphatic carboxylic acids is 1. The summed E-state index contributed by atoms with van der Waals surface area (Å²) in [5, 5.41) is 144. The molecule has 17 heteroatoms. The number of nitrogens with zero attached hydrogens (tertiary/aromatic N) is 1. The summed E-state index contributed by atoms with van der Waals surface area (Å²) in [6, 6.07) is 0. The van der Waals surface area contributed by atoms with Crippen molar-refractivity contribution in [3.63, 3.8) is 0 Å². The fourth-order valence-electron chi connectivity index (χ4n) is 3.70. The van der Waals surface area contributed by atoms with Crippen molar-refractivity contribution in [2.24, 2.45) is 0 Å². The van der Waals surface area contributed by atoms with E-state index in [4.69, 9.17) is 4.74 Å². The van der Waals surface area contributed by atoms with Crippen LogP contribution in [0.2, 0.25) is 0 Å². The maximum Gasteiger partial charge on any atom is 0.369 e. The zero-order valence-corrected chi connectivity index (χ0v) is 19.3. The molecule has 0 amide bonds. The maximum atomic E-state index is 11.4. The molecule has 0 aromatic heterocycles. The molecule has 1 heterocycles. The van der Waals surface area contributed by atoms with Crippen LogP contribution in [-0.2, 0) is 16.6 Å². The zero-order chi connectivity index (χ0) is 29.3. The van der Waals surface area contributed by atoms with Gasteiger partial charge in [0.25, 0.3) is 5.79 Å². The van der Waals surface area contributed by atoms with Gasteiger partial charge >= 0.3 is 11.9 Å². The van der Waals surface area contributed by atoms with Crippen LogP contribution in [0.15, 0.2) is 6.08 Å². The van der Waals surface area contributed by atoms with E-state index < -0.39 is 104 Å². The molecule has 0 spiro atoms. The number of carboxylic acid groups (broad SMARTS) is 1. The number of carbonyl (C=O) groups is 1. The maximum absolute atomic E-state index is 11.4. The molecule has 0 saturated heterocycles. The van der Waals surface area contributed by atoms with Crippen molar-refractivity contribution >= 4 is 11.5 Å². The average molecular weight is 545 g/mol. The third-order valence-electron chi connectivity index (χ3n) is 5.83. The van der Waals surface area contributed by atoms with Gasteiger partial charge in [0, 0.05) is 12.0 Å². The number of fused-ring (bicyclic) bond motifs is 2. The largest absolute Gasteiger partial charge is 0.506 e. The van der Waals surface area contributed by atoms with E-state index in [-0.39, 0.29) is 0 Å². The first-order valence-corrected chi connectivity index (χ1v) is 10.2. The number of aliphatic hydroxyl groups is 6. The molecule has 1 aliphatic rings. The van der Waals surface area contributed by atoms with Gasteiger partial charge in [-0.2, -0.15) is 0 Å². The molecule has 0 saturated carbocycles. The molecule has 0 aliphatic carbocycles. The SMILES string of the molecule is CN(C)C(O)(O)CC=C1c2c(O)c(C(O)(O)C(=O)O)c(O)c(O)c2OC(O)(O)c2c(O)c(O)c(O)c(O)c21. The summed E-state index contributed by atoms with van der Waals surface area (Å²) in [6.45, 7) is 0. The second-order valence-electron chi connectivity index (χ2n) is 8.45. The number of benzene rings is 2. The van der Waals surface area contributed by atoms with Gasteiger partial charge < -0.3 is 76.2 Å². The van der Waals surface area contributed by atoms with Crippen molar-refractivity contribution < 1.29 is 81.0 Å². The summed E-state index contributed by atoms with van der Waals surface area (Å²) in [6.07, 6.45) is -0.256. The summed E-state index contributed by atoms with van der Waals surface area (Å²) < 4.78 is 4.82. The Morgan fingerprint density at radius 2 is 1.34 bits per heavy atom. The Morgan fingerprint density at radius 1 is 0.816 bits per heavy atom. The van der Waals surface area contributed by atoms with Gasteiger partial charge in [-0.3, -0.25) is 4.90 Å². The highest BCUT2D eigenvalue weighted by molar-refractivity contribution is 5.96. The highest BCUT2D eigenvalue weighted by Gasteiger charge is 2.50. The fourth-order valence-corrected chi connectivity index (χ4v) is 3.70. The Balaban J connectivity index is 2.64. The van der Waals surface area contributed by atoms with Crippen molar-refractivity contribution in [2.45, 2.75) is 24.1 Å². The van der Waals surface area contributed by atoms with Gasteiger partial charge in [-0.05, 0) is 19.7 Å². The number of aromatic hydroxyl groups is 7. The molecule has 0 bridgehead atoms. The van der Waals surface area contributed by atoms with Crippen LogP contribution >= 0.6 is 0 Å². The Kier molecular flexibility index (Phi) is 6.47. The van der Waals surface area contributed by atoms with Crippen LogP contribution in [0.1, 0.15) is 28.7 Å². The molecule has 0 unspecified atom stereocenters. The molecule has 0 radical (unpaired) electrons. The van der Waals surface area contributed by atoms with Gasteiger partial charge in [-0.25, -0.2) is 4.79 Å². The second-order valence-corrected chi connectivity index (χ2v) is 8.45. The molecule has 2 aromatic carbocycles. The number of ether oxygens (including phenoxy) is 1. The van der Waals surface area contributed by atoms with E-state index in [1.54, 1.807) is 0 Å². The van der Waals surface area contributed by atoms with Gasteiger partial charge in [0.1, 0.15) is 16.9 Å². The fraction of sp³-hybridized carbons (Fsp3) is 0.286. The number of rotatable bonds is 5. The van der Waals surface area contributed by atoms with Gasteiger partial charge in [0.2, 0.25) is 23.2 Å². The van der Waals surface area contributed by atoms with Crippen molar-refractivity contribution in [3.8, 4) is 46.0 Å². The summed E-state index contributed by atoms with van der Waals surface area (Å²) in [4.78, 5) is 12.3. The standard InChI is InChI=1S/C21H23NO16/c1-22(2)19(32,33)4-3-5-6-8(12(25)15(28)14(27)11(6)24)21(36,37)38-17-7(5)10(23)9(13(26)16(17)29)20(34,35)18(30)31/h3,23-29,32-37H,4H2,1-2H3,(H,30,31). The third kappa shape index (κ3) is 4.00. The van der Waals surface area contributed by atoms with Crippen LogP contribution in [0.25, 0.3) is 5.57 Å². The van der Waals surface area contributed by atoms with Crippen molar-refractivity contribution in [2.75, 3.05) is 14.1 Å². The van der Waals surface area contributed by atoms with E-state index in [0.29, 0.717) is 6.08 Å². The third-order valence-corrected chi connectivity index (χ3v) is 5.83. The molecule has 0 atom stereocenters. The molecule has 38 heavy (non-hydrogen) atoms. The lowest BCUT2D eigenvalue weighted by Gasteiger charge is -2.28. The lowest BCUT2D eigenvalue weighted by molar-refractivity contribution is -0.304. The van der Waals surface area contributed by atoms with Gasteiger partial charge in [0.05, 0.1) is 5.56 Å². The minimum atomic E-state index is -4.13. The van der Waals surface area contributed by atoms with Crippen LogP contribution in [0.5, 0.6) is 46.0 Å². The number of hydrogen-bond acceptors (Lipinski definition) is 16. The van der Waals surface area contributed by atoms with E-state index >= 15 is 0 Å². The molecule has 17 nitrogen and oxygen atoms in total. The molecule has 3 rings (SSSR count). The minimum absolute atomic E-state index is 0.676. The minimum Gasteiger partial charge on any atom is -0.506 e. The molecule has 1 aliphatic heterocycles. The summed E-state index contributed by atoms with van der Waals surface area (Å²) >= 11 is 0. The van der Waals surface area contributed by atoms with E-state index in [1.165, 1.54) is 14.1 Å². The quantitative estimate of drug-likeness (QED) is 0.104. The molecule has 2 aromatic rings. The Morgan fingerprint density at radius 3 is 1.84 bits per heavy atom. The molecular weight excluding hydrogens is 522 g/mol. The van der Waals surface area contributed by atoms with Crippen molar-refractivity contribution in [1.82, 2.24) is 4.90 Å². The second kappa shape index (κ2) is 8.67. The van der Waals surface area contributed by atoms with E-state index in [0.717, 1.165) is 4.90 Å². The Bertz CT molecular complexity index is 1370. The zero-order valence-electron chi connectivity index (χ0n) is 19.3.